The summed E-state index contributed by atoms with van der Waals surface area (Å²) in [5.41, 5.74) is 8.38. The van der Waals surface area contributed by atoms with Gasteiger partial charge >= 0.3 is 0 Å². The van der Waals surface area contributed by atoms with Gasteiger partial charge in [0, 0.05) is 30.7 Å². The second-order valence-electron chi connectivity index (χ2n) is 6.31. The number of morpholine rings is 1. The van der Waals surface area contributed by atoms with Crippen molar-refractivity contribution in [3.8, 4) is 0 Å². The molecule has 1 aliphatic heterocycles. The van der Waals surface area contributed by atoms with E-state index >= 15 is 0 Å². The maximum atomic E-state index is 13.9. The molecule has 116 valence electrons. The van der Waals surface area contributed by atoms with E-state index in [4.69, 9.17) is 10.5 Å². The first-order chi connectivity index (χ1) is 10.2. The Morgan fingerprint density at radius 3 is 2.52 bits per heavy atom. The van der Waals surface area contributed by atoms with Crippen LogP contribution in [-0.4, -0.2) is 32.8 Å². The summed E-state index contributed by atoms with van der Waals surface area (Å²) < 4.78 is 19.3. The van der Waals surface area contributed by atoms with Crippen LogP contribution in [0.1, 0.15) is 37.7 Å². The summed E-state index contributed by atoms with van der Waals surface area (Å²) in [6, 6.07) is 5.23. The molecule has 21 heavy (non-hydrogen) atoms. The zero-order chi connectivity index (χ0) is 14.7. The molecule has 2 aliphatic rings. The molecule has 3 rings (SSSR count). The first kappa shape index (κ1) is 14.8. The number of benzene rings is 1. The number of hydrogen-bond donors (Lipinski definition) is 1. The molecule has 0 amide bonds. The minimum Gasteiger partial charge on any atom is -0.378 e. The van der Waals surface area contributed by atoms with Gasteiger partial charge in [0.15, 0.2) is 0 Å². The number of halogens is 1. The van der Waals surface area contributed by atoms with E-state index in [0.29, 0.717) is 6.54 Å². The molecule has 0 atom stereocenters. The summed E-state index contributed by atoms with van der Waals surface area (Å²) in [5, 5.41) is 0. The Morgan fingerprint density at radius 1 is 1.14 bits per heavy atom. The van der Waals surface area contributed by atoms with E-state index in [-0.39, 0.29) is 11.2 Å². The van der Waals surface area contributed by atoms with Gasteiger partial charge in [0.25, 0.3) is 0 Å². The van der Waals surface area contributed by atoms with E-state index in [0.717, 1.165) is 50.4 Å². The van der Waals surface area contributed by atoms with Gasteiger partial charge in [0.2, 0.25) is 0 Å². The Labute approximate surface area is 126 Å². The molecule has 1 aliphatic carbocycles. The molecular weight excluding hydrogens is 267 g/mol. The van der Waals surface area contributed by atoms with Crippen molar-refractivity contribution in [3.05, 3.63) is 29.6 Å². The molecule has 1 heterocycles. The van der Waals surface area contributed by atoms with Crippen LogP contribution in [0.3, 0.4) is 0 Å². The summed E-state index contributed by atoms with van der Waals surface area (Å²) >= 11 is 0. The van der Waals surface area contributed by atoms with Gasteiger partial charge in [-0.1, -0.05) is 19.3 Å². The summed E-state index contributed by atoms with van der Waals surface area (Å²) in [4.78, 5) is 2.32. The first-order valence-electron chi connectivity index (χ1n) is 8.08. The Kier molecular flexibility index (Phi) is 4.45. The highest BCUT2D eigenvalue weighted by Gasteiger charge is 2.35. The maximum Gasteiger partial charge on any atom is 0.123 e. The monoisotopic (exact) mass is 292 g/mol. The second-order valence-corrected chi connectivity index (χ2v) is 6.31. The minimum atomic E-state index is -0.152. The molecule has 2 fully saturated rings. The van der Waals surface area contributed by atoms with Crippen LogP contribution in [0.25, 0.3) is 0 Å². The molecule has 0 aromatic heterocycles. The van der Waals surface area contributed by atoms with Gasteiger partial charge < -0.3 is 15.4 Å². The van der Waals surface area contributed by atoms with Crippen molar-refractivity contribution < 1.29 is 9.13 Å². The predicted octanol–water partition coefficient (Wildman–Crippen LogP) is 2.82. The predicted molar refractivity (Wildman–Crippen MR) is 83.2 cm³/mol. The summed E-state index contributed by atoms with van der Waals surface area (Å²) in [6.45, 7) is 3.84. The van der Waals surface area contributed by atoms with E-state index in [1.807, 2.05) is 6.07 Å². The minimum absolute atomic E-state index is 0.0476. The van der Waals surface area contributed by atoms with Gasteiger partial charge in [0.1, 0.15) is 5.82 Å². The average molecular weight is 292 g/mol. The van der Waals surface area contributed by atoms with Crippen LogP contribution in [0.15, 0.2) is 18.2 Å². The number of hydrogen-bond acceptors (Lipinski definition) is 3. The Balaban J connectivity index is 2.00. The fourth-order valence-corrected chi connectivity index (χ4v) is 3.83. The topological polar surface area (TPSA) is 38.5 Å². The molecule has 0 radical (unpaired) electrons. The van der Waals surface area contributed by atoms with E-state index in [2.05, 4.69) is 4.90 Å². The van der Waals surface area contributed by atoms with Crippen molar-refractivity contribution in [3.63, 3.8) is 0 Å². The average Bonchev–Trinajstić information content (AvgIpc) is 2.56. The highest BCUT2D eigenvalue weighted by atomic mass is 19.1. The van der Waals surface area contributed by atoms with Crippen molar-refractivity contribution in [2.24, 2.45) is 5.73 Å². The van der Waals surface area contributed by atoms with E-state index in [9.17, 15) is 4.39 Å². The summed E-state index contributed by atoms with van der Waals surface area (Å²) in [6.07, 6.45) is 5.80. The fraction of sp³-hybridized carbons (Fsp3) is 0.647. The van der Waals surface area contributed by atoms with Crippen molar-refractivity contribution >= 4 is 5.69 Å². The molecule has 2 N–H and O–H groups in total. The standard InChI is InChI=1S/C17H25FN2O/c18-14-4-5-16(20-8-10-21-11-9-20)15(12-14)17(13-19)6-2-1-3-7-17/h4-5,12H,1-3,6-11,13,19H2. The van der Waals surface area contributed by atoms with Gasteiger partial charge in [-0.05, 0) is 36.6 Å². The number of anilines is 1. The molecule has 1 aromatic rings. The third-order valence-corrected chi connectivity index (χ3v) is 5.08. The molecule has 1 saturated heterocycles. The molecule has 3 nitrogen and oxygen atoms in total. The Bertz CT molecular complexity index is 480. The summed E-state index contributed by atoms with van der Waals surface area (Å²) in [5.74, 6) is -0.152. The van der Waals surface area contributed by atoms with Crippen molar-refractivity contribution in [2.75, 3.05) is 37.7 Å². The second kappa shape index (κ2) is 6.32. The highest BCUT2D eigenvalue weighted by Crippen LogP contribution is 2.43. The van der Waals surface area contributed by atoms with Crippen LogP contribution < -0.4 is 10.6 Å². The number of ether oxygens (including phenoxy) is 1. The highest BCUT2D eigenvalue weighted by molar-refractivity contribution is 5.57. The van der Waals surface area contributed by atoms with Crippen molar-refractivity contribution in [1.29, 1.82) is 0 Å². The van der Waals surface area contributed by atoms with Crippen LogP contribution in [0.5, 0.6) is 0 Å². The lowest BCUT2D eigenvalue weighted by molar-refractivity contribution is 0.122. The van der Waals surface area contributed by atoms with E-state index in [1.165, 1.54) is 19.3 Å². The van der Waals surface area contributed by atoms with Crippen LogP contribution in [0, 0.1) is 5.82 Å². The van der Waals surface area contributed by atoms with Gasteiger partial charge in [-0.2, -0.15) is 0 Å². The lowest BCUT2D eigenvalue weighted by Crippen LogP contribution is -2.42. The van der Waals surface area contributed by atoms with Crippen molar-refractivity contribution in [2.45, 2.75) is 37.5 Å². The van der Waals surface area contributed by atoms with Gasteiger partial charge in [-0.3, -0.25) is 0 Å². The molecule has 1 saturated carbocycles. The first-order valence-corrected chi connectivity index (χ1v) is 8.08. The van der Waals surface area contributed by atoms with Gasteiger partial charge in [-0.25, -0.2) is 4.39 Å². The normalized spacial score (nSPS) is 22.3. The molecule has 1 aromatic carbocycles. The molecule has 0 spiro atoms. The zero-order valence-corrected chi connectivity index (χ0v) is 12.6. The fourth-order valence-electron chi connectivity index (χ4n) is 3.83. The third-order valence-electron chi connectivity index (χ3n) is 5.08. The Morgan fingerprint density at radius 2 is 1.86 bits per heavy atom. The van der Waals surface area contributed by atoms with Gasteiger partial charge in [0.05, 0.1) is 13.2 Å². The molecule has 0 bridgehead atoms. The molecule has 4 heteroatoms. The zero-order valence-electron chi connectivity index (χ0n) is 12.6. The van der Waals surface area contributed by atoms with E-state index in [1.54, 1.807) is 12.1 Å². The number of nitrogens with two attached hydrogens (primary N) is 1. The lowest BCUT2D eigenvalue weighted by atomic mass is 9.69. The van der Waals surface area contributed by atoms with Crippen LogP contribution in [-0.2, 0) is 10.2 Å². The third kappa shape index (κ3) is 2.92. The van der Waals surface area contributed by atoms with Crippen LogP contribution >= 0.6 is 0 Å². The van der Waals surface area contributed by atoms with Crippen LogP contribution in [0.2, 0.25) is 0 Å². The summed E-state index contributed by atoms with van der Waals surface area (Å²) in [7, 11) is 0. The lowest BCUT2D eigenvalue weighted by Gasteiger charge is -2.41. The van der Waals surface area contributed by atoms with Crippen molar-refractivity contribution in [1.82, 2.24) is 0 Å². The quantitative estimate of drug-likeness (QED) is 0.931. The van der Waals surface area contributed by atoms with Gasteiger partial charge in [-0.15, -0.1) is 0 Å². The Hall–Kier alpha value is -1.13. The molecule has 0 unspecified atom stereocenters. The van der Waals surface area contributed by atoms with E-state index < -0.39 is 0 Å². The maximum absolute atomic E-state index is 13.9. The number of rotatable bonds is 3. The van der Waals surface area contributed by atoms with Crippen LogP contribution in [0.4, 0.5) is 10.1 Å². The SMILES string of the molecule is NCC1(c2cc(F)ccc2N2CCOCC2)CCCCC1. The smallest absolute Gasteiger partial charge is 0.123 e. The largest absolute Gasteiger partial charge is 0.378 e. The number of nitrogens with zero attached hydrogens (tertiary/aromatic N) is 1. The molecular formula is C17H25FN2O.